The smallest absolute Gasteiger partial charge is 0.240 e. The first-order valence-electron chi connectivity index (χ1n) is 9.10. The van der Waals surface area contributed by atoms with E-state index in [2.05, 4.69) is 21.8 Å². The molecule has 0 bridgehead atoms. The number of sulfonamides is 1. The van der Waals surface area contributed by atoms with Crippen LogP contribution in [0.15, 0.2) is 58.4 Å². The number of hydrogen-bond acceptors (Lipinski definition) is 5. The van der Waals surface area contributed by atoms with Gasteiger partial charge in [0, 0.05) is 12.1 Å². The number of hydrogen-bond donors (Lipinski definition) is 2. The molecule has 0 saturated carbocycles. The minimum Gasteiger partial charge on any atom is -0.293 e. The first kappa shape index (κ1) is 19.5. The maximum Gasteiger partial charge on any atom is 0.240 e. The van der Waals surface area contributed by atoms with Crippen LogP contribution in [-0.2, 0) is 16.4 Å². The van der Waals surface area contributed by atoms with Crippen LogP contribution >= 0.6 is 0 Å². The van der Waals surface area contributed by atoms with Crippen LogP contribution in [0.1, 0.15) is 30.5 Å². The summed E-state index contributed by atoms with van der Waals surface area (Å²) < 4.78 is 27.1. The minimum absolute atomic E-state index is 0.267. The number of nitrogens with zero attached hydrogens (tertiary/aromatic N) is 2. The van der Waals surface area contributed by atoms with Crippen molar-refractivity contribution in [1.29, 1.82) is 0 Å². The molecular weight excluding hydrogens is 360 g/mol. The molecule has 1 aliphatic heterocycles. The lowest BCUT2D eigenvalue weighted by Crippen LogP contribution is -2.34. The van der Waals surface area contributed by atoms with Crippen LogP contribution in [0.3, 0.4) is 0 Å². The highest BCUT2D eigenvalue weighted by Crippen LogP contribution is 2.16. The number of benzene rings is 2. The highest BCUT2D eigenvalue weighted by molar-refractivity contribution is 7.89. The molecule has 0 atom stereocenters. The van der Waals surface area contributed by atoms with Crippen molar-refractivity contribution in [1.82, 2.24) is 9.73 Å². The summed E-state index contributed by atoms with van der Waals surface area (Å²) in [5.41, 5.74) is 3.22. The monoisotopic (exact) mass is 386 g/mol. The molecule has 0 aliphatic carbocycles. The molecule has 3 rings (SSSR count). The third-order valence-electron chi connectivity index (χ3n) is 4.41. The molecular formula is C20H26N4O2S. The Morgan fingerprint density at radius 2 is 1.67 bits per heavy atom. The van der Waals surface area contributed by atoms with Gasteiger partial charge in [-0.05, 0) is 35.6 Å². The first-order chi connectivity index (χ1) is 12.8. The number of rotatable bonds is 7. The van der Waals surface area contributed by atoms with Gasteiger partial charge in [0.15, 0.2) is 0 Å². The molecule has 0 spiro atoms. The second kappa shape index (κ2) is 8.21. The van der Waals surface area contributed by atoms with Gasteiger partial charge < -0.3 is 0 Å². The molecule has 2 aromatic carbocycles. The SMILES string of the molecule is CC(C)CNS(=O)(=O)c1ccc(Cc2ccc(C3=NCCN3N)cc2)cc1. The van der Waals surface area contributed by atoms with Crippen LogP contribution in [0.25, 0.3) is 0 Å². The van der Waals surface area contributed by atoms with Gasteiger partial charge in [-0.15, -0.1) is 0 Å². The first-order valence-corrected chi connectivity index (χ1v) is 10.6. The van der Waals surface area contributed by atoms with E-state index in [1.165, 1.54) is 0 Å². The Hall–Kier alpha value is -2.22. The predicted octanol–water partition coefficient (Wildman–Crippen LogP) is 2.15. The maximum atomic E-state index is 12.3. The molecule has 1 heterocycles. The van der Waals surface area contributed by atoms with Gasteiger partial charge in [-0.2, -0.15) is 0 Å². The fourth-order valence-corrected chi connectivity index (χ4v) is 4.08. The van der Waals surface area contributed by atoms with Crippen molar-refractivity contribution in [2.45, 2.75) is 25.2 Å². The van der Waals surface area contributed by atoms with Gasteiger partial charge in [0.2, 0.25) is 10.0 Å². The van der Waals surface area contributed by atoms with Crippen molar-refractivity contribution in [2.24, 2.45) is 16.8 Å². The zero-order chi connectivity index (χ0) is 19.4. The molecule has 0 amide bonds. The predicted molar refractivity (Wildman–Crippen MR) is 108 cm³/mol. The van der Waals surface area contributed by atoms with Crippen LogP contribution in [-0.4, -0.2) is 38.9 Å². The zero-order valence-corrected chi connectivity index (χ0v) is 16.5. The van der Waals surface area contributed by atoms with Crippen molar-refractivity contribution >= 4 is 15.9 Å². The van der Waals surface area contributed by atoms with E-state index in [1.54, 1.807) is 17.1 Å². The largest absolute Gasteiger partial charge is 0.293 e. The summed E-state index contributed by atoms with van der Waals surface area (Å²) in [4.78, 5) is 4.71. The van der Waals surface area contributed by atoms with Gasteiger partial charge in [0.05, 0.1) is 18.0 Å². The third-order valence-corrected chi connectivity index (χ3v) is 5.85. The van der Waals surface area contributed by atoms with E-state index in [-0.39, 0.29) is 5.92 Å². The highest BCUT2D eigenvalue weighted by atomic mass is 32.2. The summed E-state index contributed by atoms with van der Waals surface area (Å²) in [7, 11) is -3.44. The highest BCUT2D eigenvalue weighted by Gasteiger charge is 2.15. The molecule has 0 fully saturated rings. The Morgan fingerprint density at radius 3 is 2.19 bits per heavy atom. The fraction of sp³-hybridized carbons (Fsp3) is 0.350. The zero-order valence-electron chi connectivity index (χ0n) is 15.7. The van der Waals surface area contributed by atoms with Gasteiger partial charge in [-0.3, -0.25) is 10.0 Å². The van der Waals surface area contributed by atoms with E-state index >= 15 is 0 Å². The second-order valence-electron chi connectivity index (χ2n) is 7.16. The molecule has 27 heavy (non-hydrogen) atoms. The summed E-state index contributed by atoms with van der Waals surface area (Å²) in [6, 6.07) is 15.2. The summed E-state index contributed by atoms with van der Waals surface area (Å²) >= 11 is 0. The van der Waals surface area contributed by atoms with Crippen molar-refractivity contribution in [3.63, 3.8) is 0 Å². The number of aliphatic imine (C=N–C) groups is 1. The van der Waals surface area contributed by atoms with Gasteiger partial charge in [-0.1, -0.05) is 50.2 Å². The molecule has 7 heteroatoms. The molecule has 0 unspecified atom stereocenters. The van der Waals surface area contributed by atoms with Crippen molar-refractivity contribution in [3.05, 3.63) is 65.2 Å². The number of nitrogens with one attached hydrogen (secondary N) is 1. The Balaban J connectivity index is 1.66. The second-order valence-corrected chi connectivity index (χ2v) is 8.93. The minimum atomic E-state index is -3.44. The summed E-state index contributed by atoms with van der Waals surface area (Å²) in [6.07, 6.45) is 0.735. The van der Waals surface area contributed by atoms with Crippen LogP contribution in [0, 0.1) is 5.92 Å². The van der Waals surface area contributed by atoms with Crippen LogP contribution in [0.4, 0.5) is 0 Å². The van der Waals surface area contributed by atoms with Crippen molar-refractivity contribution in [3.8, 4) is 0 Å². The third kappa shape index (κ3) is 4.94. The van der Waals surface area contributed by atoms with E-state index < -0.39 is 10.0 Å². The van der Waals surface area contributed by atoms with Crippen LogP contribution in [0.2, 0.25) is 0 Å². The lowest BCUT2D eigenvalue weighted by Gasteiger charge is -2.13. The molecule has 0 saturated heterocycles. The lowest BCUT2D eigenvalue weighted by atomic mass is 10.0. The summed E-state index contributed by atoms with van der Waals surface area (Å²) in [5.74, 6) is 7.00. The standard InChI is InChI=1S/C20H26N4O2S/c1-15(2)14-23-27(25,26)19-9-5-17(6-10-19)13-16-3-7-18(8-4-16)20-22-11-12-24(20)21/h3-10,15,23H,11-14,21H2,1-2H3. The molecule has 2 aromatic rings. The summed E-state index contributed by atoms with van der Waals surface area (Å²) in [6.45, 7) is 5.86. The fourth-order valence-electron chi connectivity index (χ4n) is 2.87. The van der Waals surface area contributed by atoms with E-state index in [0.717, 1.165) is 42.0 Å². The van der Waals surface area contributed by atoms with Crippen molar-refractivity contribution in [2.75, 3.05) is 19.6 Å². The number of hydrazine groups is 1. The normalized spacial score (nSPS) is 14.7. The van der Waals surface area contributed by atoms with E-state index in [4.69, 9.17) is 5.84 Å². The average molecular weight is 387 g/mol. The quantitative estimate of drug-likeness (QED) is 0.714. The van der Waals surface area contributed by atoms with Crippen LogP contribution in [0.5, 0.6) is 0 Å². The van der Waals surface area contributed by atoms with Crippen LogP contribution < -0.4 is 10.6 Å². The topological polar surface area (TPSA) is 87.8 Å². The number of nitrogens with two attached hydrogens (primary N) is 1. The number of amidine groups is 1. The molecule has 1 aliphatic rings. The van der Waals surface area contributed by atoms with Crippen molar-refractivity contribution < 1.29 is 8.42 Å². The maximum absolute atomic E-state index is 12.3. The summed E-state index contributed by atoms with van der Waals surface area (Å²) in [5, 5.41) is 1.67. The Morgan fingerprint density at radius 1 is 1.07 bits per heavy atom. The lowest BCUT2D eigenvalue weighted by molar-refractivity contribution is 0.484. The van der Waals surface area contributed by atoms with Gasteiger partial charge >= 0.3 is 0 Å². The van der Waals surface area contributed by atoms with E-state index in [0.29, 0.717) is 11.4 Å². The average Bonchev–Trinajstić information content (AvgIpc) is 3.07. The molecule has 0 radical (unpaired) electrons. The van der Waals surface area contributed by atoms with Gasteiger partial charge in [-0.25, -0.2) is 19.0 Å². The van der Waals surface area contributed by atoms with E-state index in [1.807, 2.05) is 38.1 Å². The Labute approximate surface area is 161 Å². The Kier molecular flexibility index (Phi) is 5.94. The van der Waals surface area contributed by atoms with E-state index in [9.17, 15) is 8.42 Å². The van der Waals surface area contributed by atoms with Gasteiger partial charge in [0.1, 0.15) is 5.84 Å². The molecule has 6 nitrogen and oxygen atoms in total. The Bertz CT molecular complexity index is 904. The molecule has 3 N–H and O–H groups in total. The molecule has 0 aromatic heterocycles. The van der Waals surface area contributed by atoms with Gasteiger partial charge in [0.25, 0.3) is 0 Å². The molecule has 144 valence electrons.